The fourth-order valence-electron chi connectivity index (χ4n) is 2.65. The van der Waals surface area contributed by atoms with Crippen molar-refractivity contribution in [1.29, 1.82) is 0 Å². The third kappa shape index (κ3) is 5.84. The highest BCUT2D eigenvalue weighted by atomic mass is 16.5. The lowest BCUT2D eigenvalue weighted by Crippen LogP contribution is -2.02. The maximum absolute atomic E-state index is 12.4. The molecule has 0 heterocycles. The molecule has 2 rings (SSSR count). The van der Waals surface area contributed by atoms with Gasteiger partial charge in [-0.25, -0.2) is 0 Å². The summed E-state index contributed by atoms with van der Waals surface area (Å²) in [6.07, 6.45) is 7.55. The summed E-state index contributed by atoms with van der Waals surface area (Å²) in [6, 6.07) is 15.1. The van der Waals surface area contributed by atoms with Crippen LogP contribution in [0.2, 0.25) is 0 Å². The van der Waals surface area contributed by atoms with Crippen molar-refractivity contribution in [3.05, 3.63) is 65.2 Å². The summed E-state index contributed by atoms with van der Waals surface area (Å²) in [6.45, 7) is 5.00. The van der Waals surface area contributed by atoms with E-state index in [0.717, 1.165) is 29.9 Å². The van der Waals surface area contributed by atoms with Crippen molar-refractivity contribution in [3.8, 4) is 5.75 Å². The highest BCUT2D eigenvalue weighted by Crippen LogP contribution is 2.16. The second-order valence-electron chi connectivity index (χ2n) is 6.34. The van der Waals surface area contributed by atoms with Crippen molar-refractivity contribution in [2.75, 3.05) is 6.61 Å². The van der Waals surface area contributed by atoms with Gasteiger partial charge in [-0.2, -0.15) is 0 Å². The summed E-state index contributed by atoms with van der Waals surface area (Å²) in [5.74, 6) is 0.890. The van der Waals surface area contributed by atoms with Gasteiger partial charge in [0.2, 0.25) is 0 Å². The number of benzene rings is 2. The van der Waals surface area contributed by atoms with Crippen molar-refractivity contribution >= 4 is 5.78 Å². The van der Waals surface area contributed by atoms with E-state index in [1.165, 1.54) is 32.1 Å². The third-order valence-electron chi connectivity index (χ3n) is 4.20. The van der Waals surface area contributed by atoms with Crippen molar-refractivity contribution in [2.24, 2.45) is 0 Å². The molecule has 0 unspecified atom stereocenters. The second-order valence-corrected chi connectivity index (χ2v) is 6.34. The monoisotopic (exact) mass is 324 g/mol. The number of carbonyl (C=O) groups is 1. The Bertz CT molecular complexity index is 611. The maximum Gasteiger partial charge on any atom is 0.193 e. The van der Waals surface area contributed by atoms with Crippen LogP contribution in [-0.2, 0) is 0 Å². The molecule has 0 aliphatic carbocycles. The molecule has 2 heteroatoms. The van der Waals surface area contributed by atoms with Crippen molar-refractivity contribution < 1.29 is 9.53 Å². The van der Waals surface area contributed by atoms with Gasteiger partial charge in [0.15, 0.2) is 5.78 Å². The van der Waals surface area contributed by atoms with Crippen LogP contribution in [0.5, 0.6) is 5.75 Å². The SMILES string of the molecule is CCCCCCCCOc1ccc(C(=O)c2ccc(C)cc2)cc1. The van der Waals surface area contributed by atoms with Crippen LogP contribution in [-0.4, -0.2) is 12.4 Å². The van der Waals surface area contributed by atoms with Crippen molar-refractivity contribution in [3.63, 3.8) is 0 Å². The molecule has 0 amide bonds. The topological polar surface area (TPSA) is 26.3 Å². The first-order chi connectivity index (χ1) is 11.7. The Kier molecular flexibility index (Phi) is 7.54. The lowest BCUT2D eigenvalue weighted by Gasteiger charge is -2.07. The molecular weight excluding hydrogens is 296 g/mol. The molecule has 128 valence electrons. The van der Waals surface area contributed by atoms with Crippen molar-refractivity contribution in [1.82, 2.24) is 0 Å². The van der Waals surface area contributed by atoms with Gasteiger partial charge in [0.05, 0.1) is 6.61 Å². The zero-order chi connectivity index (χ0) is 17.2. The lowest BCUT2D eigenvalue weighted by molar-refractivity contribution is 0.103. The Labute approximate surface area is 145 Å². The van der Waals surface area contributed by atoms with Crippen LogP contribution in [0.25, 0.3) is 0 Å². The molecule has 0 aromatic heterocycles. The van der Waals surface area contributed by atoms with E-state index in [-0.39, 0.29) is 5.78 Å². The minimum absolute atomic E-state index is 0.0532. The first-order valence-electron chi connectivity index (χ1n) is 9.05. The van der Waals surface area contributed by atoms with E-state index in [0.29, 0.717) is 5.56 Å². The van der Waals surface area contributed by atoms with E-state index in [2.05, 4.69) is 6.92 Å². The predicted molar refractivity (Wildman–Crippen MR) is 99.9 cm³/mol. The zero-order valence-electron chi connectivity index (χ0n) is 14.9. The standard InChI is InChI=1S/C22H28O2/c1-3-4-5-6-7-8-17-24-21-15-13-20(14-16-21)22(23)19-11-9-18(2)10-12-19/h9-16H,3-8,17H2,1-2H3. The molecule has 2 aromatic rings. The van der Waals surface area contributed by atoms with E-state index in [1.807, 2.05) is 55.5 Å². The first kappa shape index (κ1) is 18.3. The average molecular weight is 324 g/mol. The van der Waals surface area contributed by atoms with E-state index >= 15 is 0 Å². The highest BCUT2D eigenvalue weighted by molar-refractivity contribution is 6.09. The van der Waals surface area contributed by atoms with Crippen LogP contribution >= 0.6 is 0 Å². The zero-order valence-corrected chi connectivity index (χ0v) is 14.9. The number of rotatable bonds is 10. The van der Waals surface area contributed by atoms with Gasteiger partial charge in [-0.1, -0.05) is 68.9 Å². The van der Waals surface area contributed by atoms with E-state index in [1.54, 1.807) is 0 Å². The maximum atomic E-state index is 12.4. The van der Waals surface area contributed by atoms with Gasteiger partial charge >= 0.3 is 0 Å². The largest absolute Gasteiger partial charge is 0.494 e. The summed E-state index contributed by atoms with van der Waals surface area (Å²) < 4.78 is 5.76. The molecule has 0 fully saturated rings. The summed E-state index contributed by atoms with van der Waals surface area (Å²) in [4.78, 5) is 12.4. The van der Waals surface area contributed by atoms with Crippen LogP contribution in [0.4, 0.5) is 0 Å². The molecule has 2 aromatic carbocycles. The van der Waals surface area contributed by atoms with E-state index in [4.69, 9.17) is 4.74 Å². The molecule has 0 aliphatic heterocycles. The van der Waals surface area contributed by atoms with Crippen LogP contribution in [0, 0.1) is 6.92 Å². The van der Waals surface area contributed by atoms with Crippen LogP contribution in [0.3, 0.4) is 0 Å². The molecule has 0 saturated heterocycles. The highest BCUT2D eigenvalue weighted by Gasteiger charge is 2.08. The minimum Gasteiger partial charge on any atom is -0.494 e. The Hall–Kier alpha value is -2.09. The van der Waals surface area contributed by atoms with E-state index in [9.17, 15) is 4.79 Å². The molecule has 0 saturated carbocycles. The van der Waals surface area contributed by atoms with Crippen LogP contribution in [0.15, 0.2) is 48.5 Å². The molecule has 24 heavy (non-hydrogen) atoms. The Balaban J connectivity index is 1.78. The third-order valence-corrected chi connectivity index (χ3v) is 4.20. The summed E-state index contributed by atoms with van der Waals surface area (Å²) in [7, 11) is 0. The molecule has 0 aliphatic rings. The predicted octanol–water partition coefficient (Wildman–Crippen LogP) is 5.97. The number of hydrogen-bond acceptors (Lipinski definition) is 2. The summed E-state index contributed by atoms with van der Waals surface area (Å²) >= 11 is 0. The quantitative estimate of drug-likeness (QED) is 0.398. The Morgan fingerprint density at radius 3 is 1.96 bits per heavy atom. The van der Waals surface area contributed by atoms with Gasteiger partial charge in [0, 0.05) is 11.1 Å². The number of carbonyl (C=O) groups excluding carboxylic acids is 1. The van der Waals surface area contributed by atoms with Crippen LogP contribution < -0.4 is 4.74 Å². The molecule has 0 bridgehead atoms. The van der Waals surface area contributed by atoms with Gasteiger partial charge in [-0.3, -0.25) is 4.79 Å². The fraction of sp³-hybridized carbons (Fsp3) is 0.409. The van der Waals surface area contributed by atoms with Gasteiger partial charge < -0.3 is 4.74 Å². The van der Waals surface area contributed by atoms with Crippen molar-refractivity contribution in [2.45, 2.75) is 52.4 Å². The molecular formula is C22H28O2. The van der Waals surface area contributed by atoms with Gasteiger partial charge in [0.1, 0.15) is 5.75 Å². The van der Waals surface area contributed by atoms with Gasteiger partial charge in [-0.05, 0) is 37.6 Å². The number of ketones is 1. The van der Waals surface area contributed by atoms with Gasteiger partial charge in [0.25, 0.3) is 0 Å². The Morgan fingerprint density at radius 1 is 0.792 bits per heavy atom. The first-order valence-corrected chi connectivity index (χ1v) is 9.05. The molecule has 0 N–H and O–H groups in total. The molecule has 0 atom stereocenters. The number of unbranched alkanes of at least 4 members (excludes halogenated alkanes) is 5. The second kappa shape index (κ2) is 9.92. The summed E-state index contributed by atoms with van der Waals surface area (Å²) in [5.41, 5.74) is 2.58. The number of ether oxygens (including phenoxy) is 1. The smallest absolute Gasteiger partial charge is 0.193 e. The average Bonchev–Trinajstić information content (AvgIpc) is 2.61. The number of hydrogen-bond donors (Lipinski definition) is 0. The number of aryl methyl sites for hydroxylation is 1. The summed E-state index contributed by atoms with van der Waals surface area (Å²) in [5, 5.41) is 0. The lowest BCUT2D eigenvalue weighted by atomic mass is 10.0. The molecule has 2 nitrogen and oxygen atoms in total. The normalized spacial score (nSPS) is 10.6. The molecule has 0 spiro atoms. The van der Waals surface area contributed by atoms with Crippen LogP contribution in [0.1, 0.15) is 66.9 Å². The Morgan fingerprint density at radius 2 is 1.33 bits per heavy atom. The molecule has 0 radical (unpaired) electrons. The fourth-order valence-corrected chi connectivity index (χ4v) is 2.65. The van der Waals surface area contributed by atoms with Gasteiger partial charge in [-0.15, -0.1) is 0 Å². The van der Waals surface area contributed by atoms with E-state index < -0.39 is 0 Å². The minimum atomic E-state index is 0.0532.